The number of fused-ring (bicyclic) bond motifs is 1. The molecule has 8 heteroatoms. The van der Waals surface area contributed by atoms with Crippen LogP contribution < -0.4 is 10.1 Å². The first kappa shape index (κ1) is 21.9. The van der Waals surface area contributed by atoms with E-state index in [0.717, 1.165) is 61.6 Å². The Morgan fingerprint density at radius 1 is 1.09 bits per heavy atom. The summed E-state index contributed by atoms with van der Waals surface area (Å²) < 4.78 is 7.23. The molecule has 1 aromatic carbocycles. The van der Waals surface area contributed by atoms with Crippen molar-refractivity contribution in [2.24, 2.45) is 5.92 Å². The standard InChI is InChI=1S/C26H28N6O2/c1-34-22-8-6-20(7-9-22)30-25-23(5-2-11-28-25)26(33)31-13-3-4-19(10-14-31)16-21-18-32-15-12-27-24(32)17-29-21/h2,5-9,11-12,15,17-19H,3-4,10,13-14,16H2,1H3,(H,28,30). The Morgan fingerprint density at radius 3 is 2.82 bits per heavy atom. The van der Waals surface area contributed by atoms with Crippen LogP contribution in [0.3, 0.4) is 0 Å². The van der Waals surface area contributed by atoms with Gasteiger partial charge in [-0.1, -0.05) is 0 Å². The van der Waals surface area contributed by atoms with Crippen molar-refractivity contribution in [3.63, 3.8) is 0 Å². The van der Waals surface area contributed by atoms with Gasteiger partial charge in [-0.15, -0.1) is 0 Å². The van der Waals surface area contributed by atoms with Crippen LogP contribution in [0.5, 0.6) is 5.75 Å². The third kappa shape index (κ3) is 4.85. The van der Waals surface area contributed by atoms with E-state index in [1.165, 1.54) is 0 Å². The summed E-state index contributed by atoms with van der Waals surface area (Å²) in [5.41, 5.74) is 3.36. The van der Waals surface area contributed by atoms with Gasteiger partial charge in [-0.05, 0) is 68.0 Å². The number of anilines is 2. The molecule has 3 aromatic heterocycles. The summed E-state index contributed by atoms with van der Waals surface area (Å²) in [5, 5.41) is 3.28. The molecule has 1 aliphatic heterocycles. The summed E-state index contributed by atoms with van der Waals surface area (Å²) in [4.78, 5) is 28.7. The molecule has 1 amide bonds. The number of benzene rings is 1. The van der Waals surface area contributed by atoms with Gasteiger partial charge in [-0.2, -0.15) is 0 Å². The van der Waals surface area contributed by atoms with E-state index in [1.54, 1.807) is 19.5 Å². The molecule has 4 aromatic rings. The SMILES string of the molecule is COc1ccc(Nc2ncccc2C(=O)N2CCCC(Cc3cn4ccnc4cn3)CC2)cc1. The fourth-order valence-corrected chi connectivity index (χ4v) is 4.50. The molecule has 1 atom stereocenters. The van der Waals surface area contributed by atoms with E-state index < -0.39 is 0 Å². The molecule has 0 radical (unpaired) electrons. The quantitative estimate of drug-likeness (QED) is 0.464. The van der Waals surface area contributed by atoms with Gasteiger partial charge in [0.15, 0.2) is 5.65 Å². The predicted octanol–water partition coefficient (Wildman–Crippen LogP) is 4.36. The number of rotatable bonds is 6. The number of hydrogen-bond acceptors (Lipinski definition) is 6. The van der Waals surface area contributed by atoms with E-state index >= 15 is 0 Å². The molecule has 0 bridgehead atoms. The predicted molar refractivity (Wildman–Crippen MR) is 130 cm³/mol. The fourth-order valence-electron chi connectivity index (χ4n) is 4.50. The minimum absolute atomic E-state index is 0.0164. The second-order valence-electron chi connectivity index (χ2n) is 8.62. The van der Waals surface area contributed by atoms with Crippen LogP contribution in [0.25, 0.3) is 5.65 Å². The molecule has 4 heterocycles. The lowest BCUT2D eigenvalue weighted by molar-refractivity contribution is 0.0760. The fraction of sp³-hybridized carbons (Fsp3) is 0.308. The van der Waals surface area contributed by atoms with Gasteiger partial charge in [-0.3, -0.25) is 9.78 Å². The highest BCUT2D eigenvalue weighted by Crippen LogP contribution is 2.25. The largest absolute Gasteiger partial charge is 0.497 e. The summed E-state index contributed by atoms with van der Waals surface area (Å²) in [7, 11) is 1.64. The second kappa shape index (κ2) is 9.91. The maximum Gasteiger partial charge on any atom is 0.257 e. The molecule has 1 unspecified atom stereocenters. The van der Waals surface area contributed by atoms with Crippen molar-refractivity contribution >= 4 is 23.1 Å². The van der Waals surface area contributed by atoms with Crippen LogP contribution >= 0.6 is 0 Å². The number of nitrogens with one attached hydrogen (secondary N) is 1. The van der Waals surface area contributed by atoms with Gasteiger partial charge in [0, 0.05) is 43.6 Å². The number of pyridine rings is 1. The van der Waals surface area contributed by atoms with Crippen LogP contribution in [0.15, 0.2) is 67.4 Å². The summed E-state index contributed by atoms with van der Waals surface area (Å²) in [6, 6.07) is 11.2. The minimum Gasteiger partial charge on any atom is -0.497 e. The molecular formula is C26H28N6O2. The van der Waals surface area contributed by atoms with E-state index in [2.05, 4.69) is 26.5 Å². The Balaban J connectivity index is 1.25. The van der Waals surface area contributed by atoms with E-state index in [0.29, 0.717) is 17.3 Å². The highest BCUT2D eigenvalue weighted by molar-refractivity contribution is 5.99. The number of hydrogen-bond donors (Lipinski definition) is 1. The summed E-state index contributed by atoms with van der Waals surface area (Å²) in [5.74, 6) is 1.86. The van der Waals surface area contributed by atoms with Crippen LogP contribution in [0.1, 0.15) is 35.3 Å². The van der Waals surface area contributed by atoms with Gasteiger partial charge in [0.05, 0.1) is 24.6 Å². The molecule has 1 saturated heterocycles. The number of imidazole rings is 1. The van der Waals surface area contributed by atoms with Crippen molar-refractivity contribution in [3.8, 4) is 5.75 Å². The molecule has 1 N–H and O–H groups in total. The maximum absolute atomic E-state index is 13.4. The summed E-state index contributed by atoms with van der Waals surface area (Å²) in [6.45, 7) is 1.48. The maximum atomic E-state index is 13.4. The Labute approximate surface area is 198 Å². The highest BCUT2D eigenvalue weighted by atomic mass is 16.5. The van der Waals surface area contributed by atoms with Crippen molar-refractivity contribution < 1.29 is 9.53 Å². The lowest BCUT2D eigenvalue weighted by atomic mass is 9.95. The van der Waals surface area contributed by atoms with Crippen molar-refractivity contribution in [3.05, 3.63) is 78.6 Å². The molecule has 174 valence electrons. The van der Waals surface area contributed by atoms with Gasteiger partial charge in [-0.25, -0.2) is 9.97 Å². The average Bonchev–Trinajstić information content (AvgIpc) is 3.22. The molecular weight excluding hydrogens is 428 g/mol. The van der Waals surface area contributed by atoms with Gasteiger partial charge >= 0.3 is 0 Å². The first-order chi connectivity index (χ1) is 16.7. The molecule has 0 aliphatic carbocycles. The topological polar surface area (TPSA) is 84.7 Å². The number of aromatic nitrogens is 4. The number of carbonyl (C=O) groups is 1. The molecule has 34 heavy (non-hydrogen) atoms. The number of methoxy groups -OCH3 is 1. The van der Waals surface area contributed by atoms with Crippen molar-refractivity contribution in [1.82, 2.24) is 24.3 Å². The molecule has 0 spiro atoms. The summed E-state index contributed by atoms with van der Waals surface area (Å²) >= 11 is 0. The highest BCUT2D eigenvalue weighted by Gasteiger charge is 2.24. The van der Waals surface area contributed by atoms with Crippen LogP contribution in [0, 0.1) is 5.92 Å². The third-order valence-electron chi connectivity index (χ3n) is 6.36. The number of ether oxygens (including phenoxy) is 1. The zero-order chi connectivity index (χ0) is 23.3. The van der Waals surface area contributed by atoms with Crippen molar-refractivity contribution in [1.29, 1.82) is 0 Å². The smallest absolute Gasteiger partial charge is 0.257 e. The van der Waals surface area contributed by atoms with Crippen molar-refractivity contribution in [2.45, 2.75) is 25.7 Å². The van der Waals surface area contributed by atoms with Crippen LogP contribution in [-0.2, 0) is 6.42 Å². The van der Waals surface area contributed by atoms with Gasteiger partial charge in [0.25, 0.3) is 5.91 Å². The number of amides is 1. The molecule has 5 rings (SSSR count). The average molecular weight is 457 g/mol. The molecule has 8 nitrogen and oxygen atoms in total. The van der Waals surface area contributed by atoms with E-state index in [4.69, 9.17) is 4.74 Å². The van der Waals surface area contributed by atoms with E-state index in [9.17, 15) is 4.79 Å². The third-order valence-corrected chi connectivity index (χ3v) is 6.36. The van der Waals surface area contributed by atoms with Gasteiger partial charge in [0.2, 0.25) is 0 Å². The minimum atomic E-state index is 0.0164. The number of carbonyl (C=O) groups excluding carboxylic acids is 1. The molecule has 0 saturated carbocycles. The van der Waals surface area contributed by atoms with Gasteiger partial charge < -0.3 is 19.4 Å². The molecule has 1 aliphatic rings. The Morgan fingerprint density at radius 2 is 1.97 bits per heavy atom. The molecule has 1 fully saturated rings. The van der Waals surface area contributed by atoms with Crippen LogP contribution in [0.2, 0.25) is 0 Å². The van der Waals surface area contributed by atoms with Crippen LogP contribution in [-0.4, -0.2) is 50.4 Å². The zero-order valence-electron chi connectivity index (χ0n) is 19.2. The lowest BCUT2D eigenvalue weighted by Crippen LogP contribution is -2.32. The number of nitrogens with zero attached hydrogens (tertiary/aromatic N) is 5. The zero-order valence-corrected chi connectivity index (χ0v) is 19.2. The Kier molecular flexibility index (Phi) is 6.38. The summed E-state index contributed by atoms with van der Waals surface area (Å²) in [6.07, 6.45) is 13.2. The van der Waals surface area contributed by atoms with Gasteiger partial charge in [0.1, 0.15) is 11.6 Å². The van der Waals surface area contributed by atoms with E-state index in [-0.39, 0.29) is 5.91 Å². The van der Waals surface area contributed by atoms with E-state index in [1.807, 2.05) is 58.1 Å². The number of likely N-dealkylation sites (tertiary alicyclic amines) is 1. The normalized spacial score (nSPS) is 16.3. The lowest BCUT2D eigenvalue weighted by Gasteiger charge is -2.22. The Bertz CT molecular complexity index is 1270. The second-order valence-corrected chi connectivity index (χ2v) is 8.62. The van der Waals surface area contributed by atoms with Crippen molar-refractivity contribution in [2.75, 3.05) is 25.5 Å². The monoisotopic (exact) mass is 456 g/mol. The van der Waals surface area contributed by atoms with Crippen LogP contribution in [0.4, 0.5) is 11.5 Å². The first-order valence-electron chi connectivity index (χ1n) is 11.6. The Hall–Kier alpha value is -3.94. The first-order valence-corrected chi connectivity index (χ1v) is 11.6.